The summed E-state index contributed by atoms with van der Waals surface area (Å²) in [4.78, 5) is 0. The van der Waals surface area contributed by atoms with E-state index in [1.165, 1.54) is 29.3 Å². The Labute approximate surface area is 341 Å². The van der Waals surface area contributed by atoms with Gasteiger partial charge in [0, 0.05) is 31.8 Å². The lowest BCUT2D eigenvalue weighted by Gasteiger charge is -2.42. The van der Waals surface area contributed by atoms with Gasteiger partial charge in [-0.15, -0.1) is 6.58 Å². The van der Waals surface area contributed by atoms with Crippen molar-refractivity contribution in [1.29, 1.82) is 0 Å². The van der Waals surface area contributed by atoms with E-state index in [4.69, 9.17) is 37.6 Å². The van der Waals surface area contributed by atoms with Crippen molar-refractivity contribution in [3.8, 4) is 0 Å². The highest BCUT2D eigenvalue weighted by Crippen LogP contribution is 2.54. The topological polar surface area (TPSA) is 73.8 Å². The summed E-state index contributed by atoms with van der Waals surface area (Å²) >= 11 is 0. The molecule has 0 radical (unpaired) electrons. The number of ether oxygens (including phenoxy) is 7. The van der Waals surface area contributed by atoms with E-state index in [0.717, 1.165) is 77.2 Å². The van der Waals surface area contributed by atoms with Crippen molar-refractivity contribution in [3.05, 3.63) is 37.0 Å². The summed E-state index contributed by atoms with van der Waals surface area (Å²) in [6.45, 7) is 32.5. The smallest absolute Gasteiger partial charge is 0.191 e. The van der Waals surface area contributed by atoms with E-state index in [9.17, 15) is 0 Å². The molecule has 0 aromatic heterocycles. The molecule has 0 aromatic carbocycles. The molecule has 4 unspecified atom stereocenters. The summed E-state index contributed by atoms with van der Waals surface area (Å²) in [7, 11) is -1.58. The first-order chi connectivity index (χ1) is 26.9. The van der Waals surface area contributed by atoms with Gasteiger partial charge in [0.05, 0.1) is 54.9 Å². The molecule has 6 bridgehead atoms. The number of hydrogen-bond acceptors (Lipinski definition) is 8. The first-order valence-electron chi connectivity index (χ1n) is 23.1. The van der Waals surface area contributed by atoms with Crippen LogP contribution in [0.25, 0.3) is 0 Å². The molecular weight excluding hydrogens is 721 g/mol. The van der Waals surface area contributed by atoms with Gasteiger partial charge < -0.3 is 37.6 Å². The molecular formula is C47H78O8Si. The van der Waals surface area contributed by atoms with Gasteiger partial charge in [-0.3, -0.25) is 0 Å². The third kappa shape index (κ3) is 8.65. The average molecular weight is 799 g/mol. The zero-order valence-corrected chi connectivity index (χ0v) is 37.4. The van der Waals surface area contributed by atoms with Crippen LogP contribution in [0.4, 0.5) is 0 Å². The maximum atomic E-state index is 6.96. The summed E-state index contributed by atoms with van der Waals surface area (Å²) in [6.07, 6.45) is 12.9. The van der Waals surface area contributed by atoms with Crippen molar-refractivity contribution in [1.82, 2.24) is 0 Å². The van der Waals surface area contributed by atoms with Gasteiger partial charge in [-0.05, 0) is 97.9 Å². The van der Waals surface area contributed by atoms with Gasteiger partial charge in [-0.25, -0.2) is 0 Å². The molecule has 8 aliphatic heterocycles. The molecule has 0 aliphatic carbocycles. The maximum absolute atomic E-state index is 6.96. The van der Waals surface area contributed by atoms with Gasteiger partial charge >= 0.3 is 0 Å². The molecule has 8 heterocycles. The fourth-order valence-electron chi connectivity index (χ4n) is 11.9. The van der Waals surface area contributed by atoms with Gasteiger partial charge in [0.15, 0.2) is 14.1 Å². The monoisotopic (exact) mass is 799 g/mol. The predicted octanol–water partition coefficient (Wildman–Crippen LogP) is 10.1. The number of rotatable bonds is 19. The van der Waals surface area contributed by atoms with E-state index in [1.54, 1.807) is 0 Å². The molecule has 0 N–H and O–H groups in total. The standard InChI is InChI=1S/C47H78O8Si/c1-12-17-38-33(11)43-45-46(52-38)44-42(53-45)26-47(54-43,55-44)21-20-35-24-30(8)37(49-35)19-18-34-23-29(7)31(9)40(50-34)25-41-36(13-2)32(10)39(51-41)22-28(6)27-48-56(14-3,15-4)16-5/h12,28-29,32-46H,1,8-9,13-27H2,2-7,10-11H3/t28-,29+,32+,33?,34?,35?,36+,37-,38-,39+,40+,41?,42+,43-,44-,45-,46-,47+/m0/s1. The van der Waals surface area contributed by atoms with Crippen LogP contribution in [0.15, 0.2) is 37.0 Å². The molecule has 0 spiro atoms. The molecule has 8 saturated heterocycles. The Hall–Kier alpha value is -0.883. The normalized spacial score (nSPS) is 45.1. The third-order valence-corrected chi connectivity index (χ3v) is 20.5. The van der Waals surface area contributed by atoms with E-state index in [1.807, 2.05) is 6.08 Å². The lowest BCUT2D eigenvalue weighted by molar-refractivity contribution is -0.262. The van der Waals surface area contributed by atoms with Crippen LogP contribution in [0.1, 0.15) is 126 Å². The van der Waals surface area contributed by atoms with Gasteiger partial charge in [-0.1, -0.05) is 81.0 Å². The van der Waals surface area contributed by atoms with Crippen LogP contribution in [0, 0.1) is 29.6 Å². The van der Waals surface area contributed by atoms with E-state index in [-0.39, 0.29) is 79.2 Å². The average Bonchev–Trinajstić information content (AvgIpc) is 3.85. The lowest BCUT2D eigenvalue weighted by Crippen LogP contribution is -2.54. The largest absolute Gasteiger partial charge is 0.417 e. The maximum Gasteiger partial charge on any atom is 0.191 e. The Morgan fingerprint density at radius 3 is 2.23 bits per heavy atom. The Bertz CT molecular complexity index is 1360. The molecule has 8 nitrogen and oxygen atoms in total. The van der Waals surface area contributed by atoms with Crippen molar-refractivity contribution in [3.63, 3.8) is 0 Å². The van der Waals surface area contributed by atoms with Crippen molar-refractivity contribution in [2.45, 2.75) is 223 Å². The van der Waals surface area contributed by atoms with Crippen LogP contribution in [-0.2, 0) is 37.6 Å². The molecule has 8 fully saturated rings. The second-order valence-corrected chi connectivity index (χ2v) is 24.2. The van der Waals surface area contributed by atoms with Gasteiger partial charge in [0.1, 0.15) is 18.3 Å². The first-order valence-corrected chi connectivity index (χ1v) is 25.6. The van der Waals surface area contributed by atoms with Crippen LogP contribution in [0.3, 0.4) is 0 Å². The summed E-state index contributed by atoms with van der Waals surface area (Å²) in [5.74, 6) is 1.57. The fourth-order valence-corrected chi connectivity index (χ4v) is 14.7. The van der Waals surface area contributed by atoms with Crippen molar-refractivity contribution in [2.24, 2.45) is 29.6 Å². The molecule has 8 rings (SSSR count). The fraction of sp³-hybridized carbons (Fsp3) is 0.872. The van der Waals surface area contributed by atoms with Gasteiger partial charge in [0.25, 0.3) is 0 Å². The molecule has 9 heteroatoms. The summed E-state index contributed by atoms with van der Waals surface area (Å²) in [5, 5.41) is 0. The van der Waals surface area contributed by atoms with Crippen molar-refractivity contribution in [2.75, 3.05) is 6.61 Å². The highest BCUT2D eigenvalue weighted by molar-refractivity contribution is 6.73. The number of hydrogen-bond donors (Lipinski definition) is 0. The van der Waals surface area contributed by atoms with Crippen molar-refractivity contribution < 1.29 is 37.6 Å². The Kier molecular flexibility index (Phi) is 13.9. The summed E-state index contributed by atoms with van der Waals surface area (Å²) in [6, 6.07) is 3.61. The Balaban J connectivity index is 0.886. The quantitative estimate of drug-likeness (QED) is 0.0945. The SMILES string of the molecule is C=CC[C@@H]1O[C@H]2[C@H]3O[C@]4(CCC5CC(=C)[C@H](CCC6C[C@@H](C)C(=C)[C@@H](CC7O[C@H](C[C@H](C)CO[Si](CC)(CC)CC)[C@H](C)[C@H]7CC)O6)O5)C[C@H]3O[C@H]2[C@@H](O4)C1C. The molecule has 0 aromatic rings. The molecule has 8 aliphatic rings. The molecule has 18 atom stereocenters. The first kappa shape index (κ1) is 43.2. The van der Waals surface area contributed by atoms with Crippen LogP contribution in [0.5, 0.6) is 0 Å². The van der Waals surface area contributed by atoms with E-state index in [2.05, 4.69) is 75.1 Å². The molecule has 0 saturated carbocycles. The summed E-state index contributed by atoms with van der Waals surface area (Å²) in [5.41, 5.74) is 2.44. The van der Waals surface area contributed by atoms with E-state index < -0.39 is 14.1 Å². The highest BCUT2D eigenvalue weighted by atomic mass is 28.4. The lowest BCUT2D eigenvalue weighted by atomic mass is 9.80. The highest BCUT2D eigenvalue weighted by Gasteiger charge is 2.67. The van der Waals surface area contributed by atoms with Crippen LogP contribution in [-0.4, -0.2) is 94.0 Å². The van der Waals surface area contributed by atoms with Gasteiger partial charge in [-0.2, -0.15) is 0 Å². The zero-order chi connectivity index (χ0) is 39.9. The van der Waals surface area contributed by atoms with Crippen LogP contribution in [0.2, 0.25) is 18.1 Å². The Morgan fingerprint density at radius 1 is 0.804 bits per heavy atom. The van der Waals surface area contributed by atoms with Gasteiger partial charge in [0.2, 0.25) is 0 Å². The minimum Gasteiger partial charge on any atom is -0.417 e. The molecule has 56 heavy (non-hydrogen) atoms. The second-order valence-electron chi connectivity index (χ2n) is 19.4. The van der Waals surface area contributed by atoms with E-state index in [0.29, 0.717) is 23.7 Å². The molecule has 0 amide bonds. The van der Waals surface area contributed by atoms with Crippen LogP contribution >= 0.6 is 0 Å². The van der Waals surface area contributed by atoms with E-state index >= 15 is 0 Å². The Morgan fingerprint density at radius 2 is 1.52 bits per heavy atom. The van der Waals surface area contributed by atoms with Crippen molar-refractivity contribution >= 4 is 8.32 Å². The second kappa shape index (κ2) is 18.0. The minimum atomic E-state index is -1.58. The third-order valence-electron chi connectivity index (χ3n) is 15.9. The zero-order valence-electron chi connectivity index (χ0n) is 36.4. The van der Waals surface area contributed by atoms with Crippen LogP contribution < -0.4 is 0 Å². The predicted molar refractivity (Wildman–Crippen MR) is 224 cm³/mol. The molecule has 318 valence electrons. The minimum absolute atomic E-state index is 0.0261. The summed E-state index contributed by atoms with van der Waals surface area (Å²) < 4.78 is 54.0.